The zero-order valence-electron chi connectivity index (χ0n) is 16.9. The predicted octanol–water partition coefficient (Wildman–Crippen LogP) is 6.52. The SMILES string of the molecule is CCCCCCCCCCCCNC(=O)N(CCCC)CCCC. The molecule has 0 aromatic heterocycles. The van der Waals surface area contributed by atoms with E-state index in [1.807, 2.05) is 4.90 Å². The molecule has 0 spiro atoms. The van der Waals surface area contributed by atoms with Crippen LogP contribution >= 0.6 is 0 Å². The third-order valence-electron chi connectivity index (χ3n) is 4.66. The lowest BCUT2D eigenvalue weighted by Crippen LogP contribution is -2.41. The number of hydrogen-bond donors (Lipinski definition) is 1. The average Bonchev–Trinajstić information content (AvgIpc) is 2.59. The van der Waals surface area contributed by atoms with Crippen molar-refractivity contribution in [3.63, 3.8) is 0 Å². The van der Waals surface area contributed by atoms with Crippen molar-refractivity contribution in [2.24, 2.45) is 0 Å². The van der Waals surface area contributed by atoms with Crippen molar-refractivity contribution in [2.75, 3.05) is 19.6 Å². The monoisotopic (exact) mass is 340 g/mol. The minimum atomic E-state index is 0.146. The molecule has 0 aliphatic carbocycles. The van der Waals surface area contributed by atoms with Gasteiger partial charge in [-0.05, 0) is 19.3 Å². The molecule has 0 aromatic carbocycles. The Balaban J connectivity index is 3.53. The summed E-state index contributed by atoms with van der Waals surface area (Å²) in [6.45, 7) is 9.27. The van der Waals surface area contributed by atoms with Crippen LogP contribution in [0.3, 0.4) is 0 Å². The Labute approximate surface area is 152 Å². The first kappa shape index (κ1) is 23.3. The maximum atomic E-state index is 12.2. The van der Waals surface area contributed by atoms with E-state index in [-0.39, 0.29) is 6.03 Å². The van der Waals surface area contributed by atoms with E-state index < -0.39 is 0 Å². The number of nitrogens with one attached hydrogen (secondary N) is 1. The number of unbranched alkanes of at least 4 members (excludes halogenated alkanes) is 11. The molecule has 144 valence electrons. The summed E-state index contributed by atoms with van der Waals surface area (Å²) in [5, 5.41) is 3.11. The number of carbonyl (C=O) groups excluding carboxylic acids is 1. The molecule has 0 unspecified atom stereocenters. The molecule has 0 saturated carbocycles. The van der Waals surface area contributed by atoms with Crippen molar-refractivity contribution in [2.45, 2.75) is 111 Å². The van der Waals surface area contributed by atoms with E-state index in [2.05, 4.69) is 26.1 Å². The van der Waals surface area contributed by atoms with Crippen molar-refractivity contribution >= 4 is 6.03 Å². The Morgan fingerprint density at radius 1 is 0.625 bits per heavy atom. The molecule has 0 bridgehead atoms. The second-order valence-corrected chi connectivity index (χ2v) is 7.11. The molecule has 2 amide bonds. The van der Waals surface area contributed by atoms with Gasteiger partial charge in [0.1, 0.15) is 0 Å². The predicted molar refractivity (Wildman–Crippen MR) is 107 cm³/mol. The van der Waals surface area contributed by atoms with Crippen LogP contribution in [-0.4, -0.2) is 30.6 Å². The number of carbonyl (C=O) groups is 1. The molecular formula is C21H44N2O. The van der Waals surface area contributed by atoms with Crippen LogP contribution < -0.4 is 5.32 Å². The maximum absolute atomic E-state index is 12.2. The van der Waals surface area contributed by atoms with Gasteiger partial charge in [-0.2, -0.15) is 0 Å². The molecule has 3 heteroatoms. The summed E-state index contributed by atoms with van der Waals surface area (Å²) in [7, 11) is 0. The number of rotatable bonds is 17. The number of hydrogen-bond acceptors (Lipinski definition) is 1. The van der Waals surface area contributed by atoms with Crippen molar-refractivity contribution < 1.29 is 4.79 Å². The highest BCUT2D eigenvalue weighted by atomic mass is 16.2. The first-order chi connectivity index (χ1) is 11.8. The van der Waals surface area contributed by atoms with Crippen molar-refractivity contribution in [3.8, 4) is 0 Å². The third-order valence-corrected chi connectivity index (χ3v) is 4.66. The molecule has 0 radical (unpaired) electrons. The number of nitrogens with zero attached hydrogens (tertiary/aromatic N) is 1. The second-order valence-electron chi connectivity index (χ2n) is 7.11. The van der Waals surface area contributed by atoms with E-state index in [9.17, 15) is 4.79 Å². The van der Waals surface area contributed by atoms with E-state index in [4.69, 9.17) is 0 Å². The molecule has 0 saturated heterocycles. The van der Waals surface area contributed by atoms with Gasteiger partial charge in [-0.25, -0.2) is 4.79 Å². The third kappa shape index (κ3) is 14.8. The fraction of sp³-hybridized carbons (Fsp3) is 0.952. The van der Waals surface area contributed by atoms with Crippen LogP contribution in [0.15, 0.2) is 0 Å². The molecule has 0 fully saturated rings. The zero-order valence-corrected chi connectivity index (χ0v) is 16.9. The van der Waals surface area contributed by atoms with Gasteiger partial charge in [0.25, 0.3) is 0 Å². The summed E-state index contributed by atoms with van der Waals surface area (Å²) in [5.41, 5.74) is 0. The molecule has 0 aromatic rings. The lowest BCUT2D eigenvalue weighted by molar-refractivity contribution is 0.196. The molecule has 0 atom stereocenters. The molecule has 0 aliphatic rings. The normalized spacial score (nSPS) is 10.8. The van der Waals surface area contributed by atoms with Gasteiger partial charge < -0.3 is 10.2 Å². The van der Waals surface area contributed by atoms with Crippen LogP contribution in [-0.2, 0) is 0 Å². The van der Waals surface area contributed by atoms with E-state index >= 15 is 0 Å². The van der Waals surface area contributed by atoms with Crippen LogP contribution in [0.5, 0.6) is 0 Å². The van der Waals surface area contributed by atoms with Crippen molar-refractivity contribution in [1.29, 1.82) is 0 Å². The fourth-order valence-electron chi connectivity index (χ4n) is 2.93. The van der Waals surface area contributed by atoms with Crippen LogP contribution in [0, 0.1) is 0 Å². The van der Waals surface area contributed by atoms with Crippen molar-refractivity contribution in [3.05, 3.63) is 0 Å². The molecular weight excluding hydrogens is 296 g/mol. The highest BCUT2D eigenvalue weighted by molar-refractivity contribution is 5.74. The van der Waals surface area contributed by atoms with E-state index in [1.165, 1.54) is 57.8 Å². The Kier molecular flexibility index (Phi) is 18.0. The summed E-state index contributed by atoms with van der Waals surface area (Å²) < 4.78 is 0. The van der Waals surface area contributed by atoms with Gasteiger partial charge in [0, 0.05) is 19.6 Å². The van der Waals surface area contributed by atoms with E-state index in [0.717, 1.165) is 51.7 Å². The standard InChI is InChI=1S/C21H44N2O/c1-4-7-10-11-12-13-14-15-16-17-18-22-21(24)23(19-8-5-2)20-9-6-3/h4-20H2,1-3H3,(H,22,24). The van der Waals surface area contributed by atoms with Gasteiger partial charge in [-0.1, -0.05) is 91.4 Å². The van der Waals surface area contributed by atoms with Crippen LogP contribution in [0.2, 0.25) is 0 Å². The van der Waals surface area contributed by atoms with Gasteiger partial charge in [0.05, 0.1) is 0 Å². The Hall–Kier alpha value is -0.730. The Bertz CT molecular complexity index is 261. The van der Waals surface area contributed by atoms with Crippen LogP contribution in [0.1, 0.15) is 111 Å². The molecule has 0 rings (SSSR count). The first-order valence-corrected chi connectivity index (χ1v) is 10.8. The van der Waals surface area contributed by atoms with Gasteiger partial charge in [-0.15, -0.1) is 0 Å². The highest BCUT2D eigenvalue weighted by Gasteiger charge is 2.11. The molecule has 0 aliphatic heterocycles. The van der Waals surface area contributed by atoms with Crippen LogP contribution in [0.4, 0.5) is 4.79 Å². The zero-order chi connectivity index (χ0) is 17.9. The number of urea groups is 1. The molecule has 1 N–H and O–H groups in total. The highest BCUT2D eigenvalue weighted by Crippen LogP contribution is 2.10. The second kappa shape index (κ2) is 18.6. The van der Waals surface area contributed by atoms with Gasteiger partial charge >= 0.3 is 6.03 Å². The lowest BCUT2D eigenvalue weighted by atomic mass is 10.1. The summed E-state index contributed by atoms with van der Waals surface area (Å²) in [6, 6.07) is 0.146. The van der Waals surface area contributed by atoms with Gasteiger partial charge in [0.2, 0.25) is 0 Å². The first-order valence-electron chi connectivity index (χ1n) is 10.8. The summed E-state index contributed by atoms with van der Waals surface area (Å²) >= 11 is 0. The lowest BCUT2D eigenvalue weighted by Gasteiger charge is -2.22. The smallest absolute Gasteiger partial charge is 0.317 e. The van der Waals surface area contributed by atoms with Gasteiger partial charge in [-0.3, -0.25) is 0 Å². The largest absolute Gasteiger partial charge is 0.338 e. The number of amides is 2. The minimum absolute atomic E-state index is 0.146. The average molecular weight is 341 g/mol. The molecule has 3 nitrogen and oxygen atoms in total. The maximum Gasteiger partial charge on any atom is 0.317 e. The van der Waals surface area contributed by atoms with Crippen LogP contribution in [0.25, 0.3) is 0 Å². The Morgan fingerprint density at radius 2 is 1.04 bits per heavy atom. The van der Waals surface area contributed by atoms with E-state index in [0.29, 0.717) is 0 Å². The summed E-state index contributed by atoms with van der Waals surface area (Å²) in [4.78, 5) is 14.2. The minimum Gasteiger partial charge on any atom is -0.338 e. The Morgan fingerprint density at radius 3 is 1.50 bits per heavy atom. The molecule has 0 heterocycles. The fourth-order valence-corrected chi connectivity index (χ4v) is 2.93. The van der Waals surface area contributed by atoms with Gasteiger partial charge in [0.15, 0.2) is 0 Å². The summed E-state index contributed by atoms with van der Waals surface area (Å²) in [5.74, 6) is 0. The summed E-state index contributed by atoms with van der Waals surface area (Å²) in [6.07, 6.45) is 17.9. The quantitative estimate of drug-likeness (QED) is 0.300. The van der Waals surface area contributed by atoms with Crippen molar-refractivity contribution in [1.82, 2.24) is 10.2 Å². The topological polar surface area (TPSA) is 32.3 Å². The van der Waals surface area contributed by atoms with E-state index in [1.54, 1.807) is 0 Å². The molecule has 24 heavy (non-hydrogen) atoms.